The lowest BCUT2D eigenvalue weighted by Crippen LogP contribution is -2.31. The first-order valence-corrected chi connectivity index (χ1v) is 7.11. The highest BCUT2D eigenvalue weighted by molar-refractivity contribution is 5.26. The summed E-state index contributed by atoms with van der Waals surface area (Å²) in [5, 5.41) is 3.57. The largest absolute Gasteiger partial charge is 0.312 e. The first kappa shape index (κ1) is 13.5. The lowest BCUT2D eigenvalue weighted by atomic mass is 9.83. The zero-order chi connectivity index (χ0) is 13.0. The summed E-state index contributed by atoms with van der Waals surface area (Å²) in [5.41, 5.74) is 2.77. The fraction of sp³-hybridized carbons (Fsp3) is 0.625. The minimum Gasteiger partial charge on any atom is -0.312 e. The smallest absolute Gasteiger partial charge is 0.123 e. The molecular weight excluding hydrogens is 225 g/mol. The number of rotatable bonds is 5. The van der Waals surface area contributed by atoms with Gasteiger partial charge in [0.05, 0.1) is 0 Å². The molecule has 0 bridgehead atoms. The number of benzene rings is 1. The molecule has 0 amide bonds. The Morgan fingerprint density at radius 1 is 1.28 bits per heavy atom. The summed E-state index contributed by atoms with van der Waals surface area (Å²) < 4.78 is 13.0. The van der Waals surface area contributed by atoms with Crippen LogP contribution in [-0.2, 0) is 6.54 Å². The van der Waals surface area contributed by atoms with Gasteiger partial charge in [-0.05, 0) is 54.9 Å². The van der Waals surface area contributed by atoms with Crippen molar-refractivity contribution in [2.24, 2.45) is 5.41 Å². The Morgan fingerprint density at radius 3 is 2.61 bits per heavy atom. The molecule has 0 aliphatic heterocycles. The number of aryl methyl sites for hydroxylation is 1. The topological polar surface area (TPSA) is 12.0 Å². The van der Waals surface area contributed by atoms with Crippen molar-refractivity contribution in [1.82, 2.24) is 5.32 Å². The van der Waals surface area contributed by atoms with Crippen LogP contribution in [0.25, 0.3) is 0 Å². The van der Waals surface area contributed by atoms with Gasteiger partial charge >= 0.3 is 0 Å². The molecule has 0 aromatic heterocycles. The molecular formula is C16H24FN. The summed E-state index contributed by atoms with van der Waals surface area (Å²) in [6, 6.07) is 5.06. The molecule has 2 heteroatoms. The Morgan fingerprint density at radius 2 is 2.00 bits per heavy atom. The summed E-state index contributed by atoms with van der Waals surface area (Å²) in [4.78, 5) is 0. The van der Waals surface area contributed by atoms with E-state index in [1.54, 1.807) is 12.1 Å². The normalized spacial score (nSPS) is 18.2. The highest BCUT2D eigenvalue weighted by Gasteiger charge is 2.31. The van der Waals surface area contributed by atoms with Crippen LogP contribution < -0.4 is 5.32 Å². The average molecular weight is 249 g/mol. The molecule has 0 unspecified atom stereocenters. The Kier molecular flexibility index (Phi) is 4.39. The fourth-order valence-corrected chi connectivity index (χ4v) is 3.10. The second-order valence-electron chi connectivity index (χ2n) is 5.74. The third kappa shape index (κ3) is 3.11. The molecule has 100 valence electrons. The minimum atomic E-state index is -0.142. The van der Waals surface area contributed by atoms with Crippen LogP contribution in [0, 0.1) is 18.2 Å². The third-order valence-corrected chi connectivity index (χ3v) is 4.53. The second-order valence-corrected chi connectivity index (χ2v) is 5.74. The van der Waals surface area contributed by atoms with Crippen molar-refractivity contribution < 1.29 is 4.39 Å². The van der Waals surface area contributed by atoms with Gasteiger partial charge in [0.1, 0.15) is 5.82 Å². The molecule has 1 aromatic carbocycles. The first-order chi connectivity index (χ1) is 8.65. The van der Waals surface area contributed by atoms with Crippen molar-refractivity contribution >= 4 is 0 Å². The molecule has 0 atom stereocenters. The van der Waals surface area contributed by atoms with E-state index in [0.29, 0.717) is 5.41 Å². The van der Waals surface area contributed by atoms with Gasteiger partial charge in [0.2, 0.25) is 0 Å². The fourth-order valence-electron chi connectivity index (χ4n) is 3.10. The van der Waals surface area contributed by atoms with Gasteiger partial charge in [0.25, 0.3) is 0 Å². The van der Waals surface area contributed by atoms with Crippen LogP contribution in [-0.4, -0.2) is 6.54 Å². The van der Waals surface area contributed by atoms with Gasteiger partial charge in [-0.15, -0.1) is 0 Å². The predicted octanol–water partition coefficient (Wildman–Crippen LogP) is 4.19. The van der Waals surface area contributed by atoms with Gasteiger partial charge in [-0.25, -0.2) is 4.39 Å². The van der Waals surface area contributed by atoms with Gasteiger partial charge < -0.3 is 5.32 Å². The van der Waals surface area contributed by atoms with E-state index in [2.05, 4.69) is 12.2 Å². The molecule has 18 heavy (non-hydrogen) atoms. The highest BCUT2D eigenvalue weighted by atomic mass is 19.1. The van der Waals surface area contributed by atoms with Crippen LogP contribution in [0.5, 0.6) is 0 Å². The van der Waals surface area contributed by atoms with Crippen molar-refractivity contribution in [1.29, 1.82) is 0 Å². The SMILES string of the molecule is CCC1(CNCc2ccc(F)cc2C)CCCC1. The van der Waals surface area contributed by atoms with Crippen LogP contribution in [0.3, 0.4) is 0 Å². The summed E-state index contributed by atoms with van der Waals surface area (Å²) in [6.07, 6.45) is 6.75. The van der Waals surface area contributed by atoms with Crippen molar-refractivity contribution in [2.45, 2.75) is 52.5 Å². The van der Waals surface area contributed by atoms with Crippen molar-refractivity contribution in [3.63, 3.8) is 0 Å². The van der Waals surface area contributed by atoms with E-state index in [1.807, 2.05) is 13.0 Å². The van der Waals surface area contributed by atoms with Gasteiger partial charge in [-0.3, -0.25) is 0 Å². The van der Waals surface area contributed by atoms with E-state index in [0.717, 1.165) is 18.7 Å². The average Bonchev–Trinajstić information content (AvgIpc) is 2.81. The van der Waals surface area contributed by atoms with Crippen LogP contribution >= 0.6 is 0 Å². The lowest BCUT2D eigenvalue weighted by Gasteiger charge is -2.28. The summed E-state index contributed by atoms with van der Waals surface area (Å²) >= 11 is 0. The van der Waals surface area contributed by atoms with Crippen LogP contribution in [0.1, 0.15) is 50.2 Å². The van der Waals surface area contributed by atoms with Crippen LogP contribution in [0.2, 0.25) is 0 Å². The minimum absolute atomic E-state index is 0.142. The predicted molar refractivity (Wildman–Crippen MR) is 74.0 cm³/mol. The van der Waals surface area contributed by atoms with E-state index < -0.39 is 0 Å². The van der Waals surface area contributed by atoms with E-state index in [1.165, 1.54) is 37.7 Å². The molecule has 1 saturated carbocycles. The molecule has 0 radical (unpaired) electrons. The summed E-state index contributed by atoms with van der Waals surface area (Å²) in [5.74, 6) is -0.142. The molecule has 0 heterocycles. The number of nitrogens with one attached hydrogen (secondary N) is 1. The molecule has 1 aromatic rings. The Bertz CT molecular complexity index is 394. The Hall–Kier alpha value is -0.890. The Labute approximate surface area is 110 Å². The van der Waals surface area contributed by atoms with Crippen molar-refractivity contribution in [3.05, 3.63) is 35.1 Å². The molecule has 2 rings (SSSR count). The highest BCUT2D eigenvalue weighted by Crippen LogP contribution is 2.40. The molecule has 0 spiro atoms. The van der Waals surface area contributed by atoms with Gasteiger partial charge in [0, 0.05) is 13.1 Å². The van der Waals surface area contributed by atoms with E-state index >= 15 is 0 Å². The van der Waals surface area contributed by atoms with Crippen LogP contribution in [0.15, 0.2) is 18.2 Å². The maximum atomic E-state index is 13.0. The zero-order valence-electron chi connectivity index (χ0n) is 11.6. The monoisotopic (exact) mass is 249 g/mol. The van der Waals surface area contributed by atoms with Crippen molar-refractivity contribution in [3.8, 4) is 0 Å². The van der Waals surface area contributed by atoms with Gasteiger partial charge in [-0.2, -0.15) is 0 Å². The maximum absolute atomic E-state index is 13.0. The van der Waals surface area contributed by atoms with Crippen molar-refractivity contribution in [2.75, 3.05) is 6.54 Å². The Balaban J connectivity index is 1.88. The summed E-state index contributed by atoms with van der Waals surface area (Å²) in [7, 11) is 0. The van der Waals surface area contributed by atoms with E-state index in [9.17, 15) is 4.39 Å². The number of hydrogen-bond acceptors (Lipinski definition) is 1. The van der Waals surface area contributed by atoms with Crippen LogP contribution in [0.4, 0.5) is 4.39 Å². The summed E-state index contributed by atoms with van der Waals surface area (Å²) in [6.45, 7) is 6.23. The number of hydrogen-bond donors (Lipinski definition) is 1. The molecule has 1 aliphatic carbocycles. The second kappa shape index (κ2) is 5.83. The van der Waals surface area contributed by atoms with E-state index in [-0.39, 0.29) is 5.82 Å². The first-order valence-electron chi connectivity index (χ1n) is 7.11. The van der Waals surface area contributed by atoms with Gasteiger partial charge in [-0.1, -0.05) is 25.8 Å². The lowest BCUT2D eigenvalue weighted by molar-refractivity contribution is 0.268. The third-order valence-electron chi connectivity index (χ3n) is 4.53. The maximum Gasteiger partial charge on any atom is 0.123 e. The quantitative estimate of drug-likeness (QED) is 0.825. The van der Waals surface area contributed by atoms with Gasteiger partial charge in [0.15, 0.2) is 0 Å². The standard InChI is InChI=1S/C16H24FN/c1-3-16(8-4-5-9-16)12-18-11-14-6-7-15(17)10-13(14)2/h6-7,10,18H,3-5,8-9,11-12H2,1-2H3. The molecule has 0 saturated heterocycles. The number of halogens is 1. The van der Waals surface area contributed by atoms with E-state index in [4.69, 9.17) is 0 Å². The molecule has 1 N–H and O–H groups in total. The zero-order valence-corrected chi connectivity index (χ0v) is 11.6. The molecule has 1 aliphatic rings. The molecule has 1 fully saturated rings. The molecule has 1 nitrogen and oxygen atoms in total.